The fraction of sp³-hybridized carbons (Fsp3) is 0.867. The SMILES string of the molecule is CN1CCCC1(C(=O)OC(C)(C)C)C(=O)OC(C)(C)C. The van der Waals surface area contributed by atoms with Crippen LogP contribution in [0.4, 0.5) is 0 Å². The number of rotatable bonds is 2. The topological polar surface area (TPSA) is 55.8 Å². The smallest absolute Gasteiger partial charge is 0.338 e. The summed E-state index contributed by atoms with van der Waals surface area (Å²) in [5.41, 5.74) is -2.56. The average Bonchev–Trinajstić information content (AvgIpc) is 2.55. The molecule has 0 bridgehead atoms. The molecular formula is C15H27NO4. The third-order valence-corrected chi connectivity index (χ3v) is 3.16. The minimum Gasteiger partial charge on any atom is -0.458 e. The van der Waals surface area contributed by atoms with Gasteiger partial charge in [0.25, 0.3) is 0 Å². The Hall–Kier alpha value is -1.10. The summed E-state index contributed by atoms with van der Waals surface area (Å²) in [6.45, 7) is 11.4. The van der Waals surface area contributed by atoms with Crippen molar-refractivity contribution in [1.82, 2.24) is 4.90 Å². The van der Waals surface area contributed by atoms with Crippen LogP contribution in [0.5, 0.6) is 0 Å². The molecule has 0 aromatic rings. The van der Waals surface area contributed by atoms with Crippen LogP contribution in [-0.4, -0.2) is 47.2 Å². The molecule has 1 aliphatic heterocycles. The number of hydrogen-bond donors (Lipinski definition) is 0. The van der Waals surface area contributed by atoms with Gasteiger partial charge in [-0.15, -0.1) is 0 Å². The van der Waals surface area contributed by atoms with Crippen LogP contribution in [-0.2, 0) is 19.1 Å². The summed E-state index contributed by atoms with van der Waals surface area (Å²) in [5, 5.41) is 0. The molecule has 1 rings (SSSR count). The van der Waals surface area contributed by atoms with Gasteiger partial charge in [0.05, 0.1) is 0 Å². The van der Waals surface area contributed by atoms with E-state index in [4.69, 9.17) is 9.47 Å². The predicted molar refractivity (Wildman–Crippen MR) is 76.3 cm³/mol. The van der Waals surface area contributed by atoms with Crippen LogP contribution in [0.15, 0.2) is 0 Å². The van der Waals surface area contributed by atoms with Crippen LogP contribution < -0.4 is 0 Å². The molecule has 0 amide bonds. The van der Waals surface area contributed by atoms with Gasteiger partial charge in [-0.05, 0) is 68.0 Å². The average molecular weight is 285 g/mol. The van der Waals surface area contributed by atoms with Crippen molar-refractivity contribution >= 4 is 11.9 Å². The molecule has 1 aliphatic rings. The fourth-order valence-electron chi connectivity index (χ4n) is 2.28. The molecule has 1 fully saturated rings. The first-order valence-electron chi connectivity index (χ1n) is 7.07. The maximum absolute atomic E-state index is 12.6. The van der Waals surface area contributed by atoms with Crippen molar-refractivity contribution in [2.24, 2.45) is 0 Å². The lowest BCUT2D eigenvalue weighted by atomic mass is 9.95. The second-order valence-corrected chi connectivity index (χ2v) is 7.39. The van der Waals surface area contributed by atoms with Crippen molar-refractivity contribution in [3.8, 4) is 0 Å². The van der Waals surface area contributed by atoms with E-state index in [1.54, 1.807) is 53.5 Å². The minimum absolute atomic E-state index is 0.438. The minimum atomic E-state index is -1.30. The van der Waals surface area contributed by atoms with Gasteiger partial charge in [-0.2, -0.15) is 0 Å². The van der Waals surface area contributed by atoms with E-state index in [-0.39, 0.29) is 0 Å². The molecule has 0 aromatic heterocycles. The summed E-state index contributed by atoms with van der Waals surface area (Å²) in [6, 6.07) is 0. The van der Waals surface area contributed by atoms with E-state index in [0.717, 1.165) is 6.42 Å². The summed E-state index contributed by atoms with van der Waals surface area (Å²) < 4.78 is 10.9. The molecule has 0 atom stereocenters. The Morgan fingerprint density at radius 1 is 0.950 bits per heavy atom. The quantitative estimate of drug-likeness (QED) is 0.574. The first-order chi connectivity index (χ1) is 8.88. The van der Waals surface area contributed by atoms with E-state index < -0.39 is 28.7 Å². The Morgan fingerprint density at radius 2 is 1.35 bits per heavy atom. The number of nitrogens with zero attached hydrogens (tertiary/aromatic N) is 1. The molecule has 5 nitrogen and oxygen atoms in total. The first kappa shape index (κ1) is 17.0. The first-order valence-corrected chi connectivity index (χ1v) is 7.07. The number of esters is 2. The third-order valence-electron chi connectivity index (χ3n) is 3.16. The van der Waals surface area contributed by atoms with Crippen molar-refractivity contribution in [3.05, 3.63) is 0 Å². The zero-order valence-corrected chi connectivity index (χ0v) is 13.7. The summed E-state index contributed by atoms with van der Waals surface area (Å²) in [5.74, 6) is -1.03. The third kappa shape index (κ3) is 3.72. The van der Waals surface area contributed by atoms with E-state index in [2.05, 4.69) is 0 Å². The molecule has 20 heavy (non-hydrogen) atoms. The maximum Gasteiger partial charge on any atom is 0.338 e. The van der Waals surface area contributed by atoms with Gasteiger partial charge in [-0.1, -0.05) is 0 Å². The monoisotopic (exact) mass is 285 g/mol. The summed E-state index contributed by atoms with van der Waals surface area (Å²) >= 11 is 0. The number of carbonyl (C=O) groups is 2. The number of likely N-dealkylation sites (tertiary alicyclic amines) is 1. The summed E-state index contributed by atoms with van der Waals surface area (Å²) in [7, 11) is 1.76. The lowest BCUT2D eigenvalue weighted by Gasteiger charge is -2.36. The Morgan fingerprint density at radius 3 is 1.60 bits per heavy atom. The Balaban J connectivity index is 3.05. The lowest BCUT2D eigenvalue weighted by Crippen LogP contribution is -2.58. The largest absolute Gasteiger partial charge is 0.458 e. The van der Waals surface area contributed by atoms with Gasteiger partial charge in [0.15, 0.2) is 0 Å². The van der Waals surface area contributed by atoms with Gasteiger partial charge in [0.2, 0.25) is 5.54 Å². The zero-order chi connectivity index (χ0) is 15.8. The fourth-order valence-corrected chi connectivity index (χ4v) is 2.28. The molecule has 0 aliphatic carbocycles. The molecule has 0 N–H and O–H groups in total. The van der Waals surface area contributed by atoms with Gasteiger partial charge in [-0.25, -0.2) is 9.59 Å². The number of carbonyl (C=O) groups excluding carboxylic acids is 2. The Bertz CT molecular complexity index is 362. The molecule has 116 valence electrons. The number of ether oxygens (including phenoxy) is 2. The van der Waals surface area contributed by atoms with Crippen LogP contribution in [0.25, 0.3) is 0 Å². The summed E-state index contributed by atoms with van der Waals surface area (Å²) in [6.07, 6.45) is 1.21. The predicted octanol–water partition coefficient (Wildman–Crippen LogP) is 2.13. The molecule has 0 saturated carbocycles. The van der Waals surface area contributed by atoms with Gasteiger partial charge in [0.1, 0.15) is 11.2 Å². The normalized spacial score (nSPS) is 19.8. The lowest BCUT2D eigenvalue weighted by molar-refractivity contribution is -0.184. The van der Waals surface area contributed by atoms with Gasteiger partial charge in [-0.3, -0.25) is 4.90 Å². The van der Waals surface area contributed by atoms with Crippen molar-refractivity contribution < 1.29 is 19.1 Å². The highest BCUT2D eigenvalue weighted by atomic mass is 16.6. The van der Waals surface area contributed by atoms with E-state index in [0.29, 0.717) is 13.0 Å². The van der Waals surface area contributed by atoms with Crippen LogP contribution in [0.3, 0.4) is 0 Å². The second kappa shape index (κ2) is 5.35. The Labute approximate surface area is 121 Å². The van der Waals surface area contributed by atoms with Crippen LogP contribution in [0.1, 0.15) is 54.4 Å². The molecule has 5 heteroatoms. The number of likely N-dealkylation sites (N-methyl/N-ethyl adjacent to an activating group) is 1. The maximum atomic E-state index is 12.6. The van der Waals surface area contributed by atoms with Crippen LogP contribution >= 0.6 is 0 Å². The van der Waals surface area contributed by atoms with E-state index in [1.165, 1.54) is 0 Å². The van der Waals surface area contributed by atoms with Crippen molar-refractivity contribution in [3.63, 3.8) is 0 Å². The van der Waals surface area contributed by atoms with Gasteiger partial charge < -0.3 is 9.47 Å². The van der Waals surface area contributed by atoms with E-state index >= 15 is 0 Å². The zero-order valence-electron chi connectivity index (χ0n) is 13.7. The van der Waals surface area contributed by atoms with Crippen LogP contribution in [0, 0.1) is 0 Å². The molecular weight excluding hydrogens is 258 g/mol. The highest BCUT2D eigenvalue weighted by Crippen LogP contribution is 2.33. The van der Waals surface area contributed by atoms with Crippen LogP contribution in [0.2, 0.25) is 0 Å². The second-order valence-electron chi connectivity index (χ2n) is 7.39. The van der Waals surface area contributed by atoms with Gasteiger partial charge in [0, 0.05) is 0 Å². The Kier molecular flexibility index (Phi) is 4.54. The molecule has 0 spiro atoms. The van der Waals surface area contributed by atoms with E-state index in [9.17, 15) is 9.59 Å². The van der Waals surface area contributed by atoms with Gasteiger partial charge >= 0.3 is 11.9 Å². The van der Waals surface area contributed by atoms with E-state index in [1.807, 2.05) is 0 Å². The molecule has 1 saturated heterocycles. The molecule has 1 heterocycles. The molecule has 0 unspecified atom stereocenters. The number of hydrogen-bond acceptors (Lipinski definition) is 5. The van der Waals surface area contributed by atoms with Crippen molar-refractivity contribution in [2.75, 3.05) is 13.6 Å². The molecule has 0 radical (unpaired) electrons. The van der Waals surface area contributed by atoms with Crippen molar-refractivity contribution in [1.29, 1.82) is 0 Å². The summed E-state index contributed by atoms with van der Waals surface area (Å²) in [4.78, 5) is 26.9. The highest BCUT2D eigenvalue weighted by molar-refractivity contribution is 6.05. The standard InChI is InChI=1S/C15H27NO4/c1-13(2,3)19-11(17)15(9-8-10-16(15)7)12(18)20-14(4,5)6/h8-10H2,1-7H3. The highest BCUT2D eigenvalue weighted by Gasteiger charge is 2.56. The van der Waals surface area contributed by atoms with Crippen molar-refractivity contribution in [2.45, 2.75) is 71.1 Å². The molecule has 0 aromatic carbocycles.